The highest BCUT2D eigenvalue weighted by molar-refractivity contribution is 14.1. The number of anilines is 1. The molecule has 0 aliphatic heterocycles. The number of allylic oxidation sites excluding steroid dienone is 1. The summed E-state index contributed by atoms with van der Waals surface area (Å²) >= 11 is 3.62. The molecule has 0 saturated carbocycles. The fraction of sp³-hybridized carbons (Fsp3) is 0.154. The number of hydrogen-bond acceptors (Lipinski definition) is 6. The number of fused-ring (bicyclic) bond motifs is 1. The van der Waals surface area contributed by atoms with Gasteiger partial charge < -0.3 is 9.88 Å². The van der Waals surface area contributed by atoms with Gasteiger partial charge in [-0.25, -0.2) is 5.43 Å². The van der Waals surface area contributed by atoms with Crippen LogP contribution in [-0.4, -0.2) is 32.1 Å². The third kappa shape index (κ3) is 6.49. The molecule has 35 heavy (non-hydrogen) atoms. The molecule has 4 rings (SSSR count). The number of benzene rings is 3. The summed E-state index contributed by atoms with van der Waals surface area (Å²) in [5, 5.41) is 18.6. The average Bonchev–Trinajstić information content (AvgIpc) is 3.25. The van der Waals surface area contributed by atoms with Gasteiger partial charge in [-0.1, -0.05) is 60.3 Å². The minimum atomic E-state index is -0.413. The topological polar surface area (TPSA) is 84.2 Å². The first-order chi connectivity index (χ1) is 17.0. The number of thioether (sulfide) groups is 1. The zero-order chi connectivity index (χ0) is 24.6. The molecule has 1 amide bonds. The SMILES string of the molecule is C=CCn1c(CNc2ccc(I)cc2)nnc1S[C@H](C)C(=O)NN=Cc1cccc2ccccc12. The van der Waals surface area contributed by atoms with Gasteiger partial charge in [0.2, 0.25) is 0 Å². The van der Waals surface area contributed by atoms with E-state index in [0.29, 0.717) is 18.2 Å². The maximum absolute atomic E-state index is 12.7. The zero-order valence-electron chi connectivity index (χ0n) is 19.2. The largest absolute Gasteiger partial charge is 0.378 e. The molecule has 4 aromatic rings. The first-order valence-electron chi connectivity index (χ1n) is 11.0. The standard InChI is InChI=1S/C26H25IN6OS/c1-3-15-33-24(17-28-22-13-11-21(27)12-14-22)30-32-26(33)35-18(2)25(34)31-29-16-20-9-6-8-19-7-4-5-10-23(19)20/h3-14,16,18,28H,1,15,17H2,2H3,(H,31,34)/t18-/m1/s1. The second-order valence-electron chi connectivity index (χ2n) is 7.72. The molecule has 0 unspecified atom stereocenters. The molecule has 178 valence electrons. The highest BCUT2D eigenvalue weighted by atomic mass is 127. The number of hydrogen-bond donors (Lipinski definition) is 2. The van der Waals surface area contributed by atoms with Crippen molar-refractivity contribution in [1.29, 1.82) is 0 Å². The van der Waals surface area contributed by atoms with Crippen LogP contribution in [0.3, 0.4) is 0 Å². The Morgan fingerprint density at radius 3 is 2.71 bits per heavy atom. The Bertz CT molecular complexity index is 1350. The highest BCUT2D eigenvalue weighted by Crippen LogP contribution is 2.23. The van der Waals surface area contributed by atoms with E-state index in [2.05, 4.69) is 55.2 Å². The average molecular weight is 596 g/mol. The van der Waals surface area contributed by atoms with E-state index in [9.17, 15) is 4.79 Å². The molecule has 0 radical (unpaired) electrons. The molecule has 0 saturated heterocycles. The molecule has 2 N–H and O–H groups in total. The lowest BCUT2D eigenvalue weighted by molar-refractivity contribution is -0.120. The van der Waals surface area contributed by atoms with E-state index < -0.39 is 5.25 Å². The monoisotopic (exact) mass is 596 g/mol. The van der Waals surface area contributed by atoms with Gasteiger partial charge in [-0.15, -0.1) is 16.8 Å². The van der Waals surface area contributed by atoms with Crippen LogP contribution in [0, 0.1) is 3.57 Å². The number of halogens is 1. The van der Waals surface area contributed by atoms with Gasteiger partial charge in [-0.2, -0.15) is 5.10 Å². The summed E-state index contributed by atoms with van der Waals surface area (Å²) in [6.07, 6.45) is 3.47. The second-order valence-corrected chi connectivity index (χ2v) is 10.3. The highest BCUT2D eigenvalue weighted by Gasteiger charge is 2.19. The number of nitrogens with one attached hydrogen (secondary N) is 2. The van der Waals surface area contributed by atoms with Crippen molar-refractivity contribution in [3.8, 4) is 0 Å². The Labute approximate surface area is 222 Å². The number of hydrazone groups is 1. The van der Waals surface area contributed by atoms with Crippen molar-refractivity contribution in [2.45, 2.75) is 30.4 Å². The van der Waals surface area contributed by atoms with Crippen LogP contribution in [-0.2, 0) is 17.9 Å². The van der Waals surface area contributed by atoms with Crippen molar-refractivity contribution in [2.75, 3.05) is 5.32 Å². The molecule has 0 bridgehead atoms. The van der Waals surface area contributed by atoms with Crippen LogP contribution < -0.4 is 10.7 Å². The zero-order valence-corrected chi connectivity index (χ0v) is 22.2. The molecule has 3 aromatic carbocycles. The van der Waals surface area contributed by atoms with E-state index in [-0.39, 0.29) is 5.91 Å². The van der Waals surface area contributed by atoms with Gasteiger partial charge in [0.1, 0.15) is 0 Å². The molecule has 0 spiro atoms. The van der Waals surface area contributed by atoms with E-state index in [0.717, 1.165) is 27.8 Å². The Morgan fingerprint density at radius 1 is 1.14 bits per heavy atom. The quantitative estimate of drug-likeness (QED) is 0.0835. The van der Waals surface area contributed by atoms with Crippen molar-refractivity contribution in [3.05, 3.63) is 94.3 Å². The number of aromatic nitrogens is 3. The Balaban J connectivity index is 1.38. The number of amides is 1. The van der Waals surface area contributed by atoms with Crippen LogP contribution in [0.15, 0.2) is 89.6 Å². The molecule has 1 atom stereocenters. The van der Waals surface area contributed by atoms with Crippen molar-refractivity contribution in [1.82, 2.24) is 20.2 Å². The Kier molecular flexibility index (Phi) is 8.54. The maximum Gasteiger partial charge on any atom is 0.253 e. The molecule has 0 aliphatic rings. The molecule has 0 aliphatic carbocycles. The lowest BCUT2D eigenvalue weighted by Crippen LogP contribution is -2.27. The van der Waals surface area contributed by atoms with Crippen molar-refractivity contribution >= 4 is 62.9 Å². The molecule has 9 heteroatoms. The second kappa shape index (κ2) is 12.0. The van der Waals surface area contributed by atoms with E-state index in [1.807, 2.05) is 78.2 Å². The third-order valence-electron chi connectivity index (χ3n) is 5.25. The molecule has 1 heterocycles. The van der Waals surface area contributed by atoms with Gasteiger partial charge in [0, 0.05) is 21.4 Å². The molecular weight excluding hydrogens is 571 g/mol. The van der Waals surface area contributed by atoms with Gasteiger partial charge in [-0.3, -0.25) is 4.79 Å². The molecule has 1 aromatic heterocycles. The van der Waals surface area contributed by atoms with Crippen LogP contribution in [0.4, 0.5) is 5.69 Å². The minimum absolute atomic E-state index is 0.210. The summed E-state index contributed by atoms with van der Waals surface area (Å²) in [6, 6.07) is 22.2. The van der Waals surface area contributed by atoms with Crippen molar-refractivity contribution < 1.29 is 4.79 Å². The van der Waals surface area contributed by atoms with Gasteiger partial charge >= 0.3 is 0 Å². The summed E-state index contributed by atoms with van der Waals surface area (Å²) < 4.78 is 3.14. The Hall–Kier alpha value is -3.18. The summed E-state index contributed by atoms with van der Waals surface area (Å²) in [4.78, 5) is 12.7. The molecule has 7 nitrogen and oxygen atoms in total. The van der Waals surface area contributed by atoms with E-state index in [1.54, 1.807) is 12.3 Å². The predicted molar refractivity (Wildman–Crippen MR) is 152 cm³/mol. The smallest absolute Gasteiger partial charge is 0.253 e. The van der Waals surface area contributed by atoms with Crippen LogP contribution in [0.5, 0.6) is 0 Å². The van der Waals surface area contributed by atoms with Crippen LogP contribution in [0.25, 0.3) is 10.8 Å². The van der Waals surface area contributed by atoms with E-state index >= 15 is 0 Å². The van der Waals surface area contributed by atoms with Gasteiger partial charge in [-0.05, 0) is 64.6 Å². The summed E-state index contributed by atoms with van der Waals surface area (Å²) in [5.74, 6) is 0.561. The first kappa shape index (κ1) is 24.9. The number of rotatable bonds is 10. The van der Waals surface area contributed by atoms with Gasteiger partial charge in [0.25, 0.3) is 5.91 Å². The lowest BCUT2D eigenvalue weighted by Gasteiger charge is -2.12. The summed E-state index contributed by atoms with van der Waals surface area (Å²) in [5.41, 5.74) is 4.59. The fourth-order valence-electron chi connectivity index (χ4n) is 3.43. The number of nitrogens with zero attached hydrogens (tertiary/aromatic N) is 4. The third-order valence-corrected chi connectivity index (χ3v) is 7.05. The fourth-order valence-corrected chi connectivity index (χ4v) is 4.66. The first-order valence-corrected chi connectivity index (χ1v) is 13.0. The normalized spacial score (nSPS) is 12.1. The van der Waals surface area contributed by atoms with Crippen LogP contribution >= 0.6 is 34.4 Å². The summed E-state index contributed by atoms with van der Waals surface area (Å²) in [7, 11) is 0. The molecular formula is C26H25IN6OS. The number of carbonyl (C=O) groups is 1. The van der Waals surface area contributed by atoms with Gasteiger partial charge in [0.15, 0.2) is 11.0 Å². The summed E-state index contributed by atoms with van der Waals surface area (Å²) in [6.45, 7) is 6.73. The maximum atomic E-state index is 12.7. The van der Waals surface area contributed by atoms with Crippen LogP contribution in [0.2, 0.25) is 0 Å². The predicted octanol–water partition coefficient (Wildman–Crippen LogP) is 5.46. The van der Waals surface area contributed by atoms with Crippen molar-refractivity contribution in [3.63, 3.8) is 0 Å². The van der Waals surface area contributed by atoms with Crippen LogP contribution in [0.1, 0.15) is 18.3 Å². The number of carbonyl (C=O) groups excluding carboxylic acids is 1. The van der Waals surface area contributed by atoms with E-state index in [1.165, 1.54) is 15.3 Å². The van der Waals surface area contributed by atoms with Crippen molar-refractivity contribution in [2.24, 2.45) is 5.10 Å². The Morgan fingerprint density at radius 2 is 1.91 bits per heavy atom. The van der Waals surface area contributed by atoms with Gasteiger partial charge in [0.05, 0.1) is 18.0 Å². The minimum Gasteiger partial charge on any atom is -0.378 e. The van der Waals surface area contributed by atoms with E-state index in [4.69, 9.17) is 0 Å². The lowest BCUT2D eigenvalue weighted by atomic mass is 10.1. The molecule has 0 fully saturated rings.